The maximum atomic E-state index is 13.8. The van der Waals surface area contributed by atoms with E-state index in [0.717, 1.165) is 24.5 Å². The van der Waals surface area contributed by atoms with E-state index < -0.39 is 18.0 Å². The lowest BCUT2D eigenvalue weighted by atomic mass is 10.00. The van der Waals surface area contributed by atoms with Crippen LogP contribution in [0, 0.1) is 39.9 Å². The summed E-state index contributed by atoms with van der Waals surface area (Å²) in [7, 11) is 0. The number of hydrogen-bond acceptors (Lipinski definition) is 9. The molecule has 0 radical (unpaired) electrons. The third-order valence-corrected chi connectivity index (χ3v) is 7.00. The molecule has 1 aliphatic rings. The number of nitriles is 3. The molecule has 1 fully saturated rings. The Labute approximate surface area is 242 Å². The fourth-order valence-corrected chi connectivity index (χ4v) is 4.76. The monoisotopic (exact) mass is 555 g/mol. The minimum Gasteiger partial charge on any atom is -0.376 e. The number of hydrogen-bond donors (Lipinski definition) is 2. The molecule has 0 amide bonds. The summed E-state index contributed by atoms with van der Waals surface area (Å²) in [6, 6.07) is 19.7. The molecular formula is C31H23FN10. The van der Waals surface area contributed by atoms with Gasteiger partial charge in [0.05, 0.1) is 60.5 Å². The van der Waals surface area contributed by atoms with Crippen LogP contribution in [-0.4, -0.2) is 25.0 Å². The number of anilines is 2. The molecule has 6 rings (SSSR count). The van der Waals surface area contributed by atoms with Gasteiger partial charge in [-0.2, -0.15) is 20.2 Å². The van der Waals surface area contributed by atoms with Crippen molar-refractivity contribution in [3.8, 4) is 18.2 Å². The predicted molar refractivity (Wildman–Crippen MR) is 152 cm³/mol. The summed E-state index contributed by atoms with van der Waals surface area (Å²) in [5.74, 6) is -0.693. The number of aromatic nitrogens is 5. The van der Waals surface area contributed by atoms with E-state index in [4.69, 9.17) is 0 Å². The van der Waals surface area contributed by atoms with Crippen molar-refractivity contribution in [1.29, 1.82) is 15.8 Å². The van der Waals surface area contributed by atoms with Crippen LogP contribution in [0.3, 0.4) is 0 Å². The third kappa shape index (κ3) is 5.30. The zero-order valence-electron chi connectivity index (χ0n) is 23.2. The Morgan fingerprint density at radius 1 is 0.976 bits per heavy atom. The molecule has 204 valence electrons. The van der Waals surface area contributed by atoms with Crippen molar-refractivity contribution in [1.82, 2.24) is 25.0 Å². The van der Waals surface area contributed by atoms with Gasteiger partial charge in [-0.1, -0.05) is 41.6 Å². The van der Waals surface area contributed by atoms with Gasteiger partial charge in [-0.15, -0.1) is 5.10 Å². The molecule has 42 heavy (non-hydrogen) atoms. The molecular weight excluding hydrogens is 531 g/mol. The molecule has 1 saturated carbocycles. The first-order chi connectivity index (χ1) is 20.9. The van der Waals surface area contributed by atoms with Gasteiger partial charge in [0.2, 0.25) is 5.95 Å². The summed E-state index contributed by atoms with van der Waals surface area (Å²) < 4.78 is 25.0. The van der Waals surface area contributed by atoms with Gasteiger partial charge < -0.3 is 10.6 Å². The first-order valence-electron chi connectivity index (χ1n) is 13.7. The lowest BCUT2D eigenvalue weighted by Gasteiger charge is -2.22. The van der Waals surface area contributed by atoms with Crippen molar-refractivity contribution in [3.05, 3.63) is 107 Å². The molecule has 0 spiro atoms. The molecule has 2 N–H and O–H groups in total. The Hall–Kier alpha value is -5.86. The van der Waals surface area contributed by atoms with Crippen LogP contribution in [0.25, 0.3) is 10.9 Å². The number of nitrogens with one attached hydrogen (secondary N) is 2. The Morgan fingerprint density at radius 3 is 2.48 bits per heavy atom. The van der Waals surface area contributed by atoms with Crippen molar-refractivity contribution in [3.63, 3.8) is 0 Å². The molecule has 10 nitrogen and oxygen atoms in total. The molecule has 11 heteroatoms. The van der Waals surface area contributed by atoms with E-state index in [0.29, 0.717) is 27.8 Å². The van der Waals surface area contributed by atoms with E-state index in [1.807, 2.05) is 30.3 Å². The Kier molecular flexibility index (Phi) is 6.78. The van der Waals surface area contributed by atoms with Gasteiger partial charge in [0, 0.05) is 23.5 Å². The minimum atomic E-state index is -1.77. The maximum absolute atomic E-state index is 13.8. The largest absolute Gasteiger partial charge is 0.376 e. The molecule has 0 aliphatic heterocycles. The zero-order valence-corrected chi connectivity index (χ0v) is 22.2. The molecule has 0 saturated heterocycles. The maximum Gasteiger partial charge on any atom is 0.212 e. The Balaban J connectivity index is 1.49. The van der Waals surface area contributed by atoms with Crippen LogP contribution in [0.5, 0.6) is 0 Å². The summed E-state index contributed by atoms with van der Waals surface area (Å²) in [6.07, 6.45) is 6.38. The second-order valence-corrected chi connectivity index (χ2v) is 9.84. The standard InChI is InChI=1S/C31H23FN10/c32-28-9-6-20(16-36-28)31(27-18-42(41-40-27)24-7-8-24)38-23-12-21(14-34)29-25(13-23)30(22(15-35)17-37-29)39-26(10-11-33)19-4-2-1-3-5-19/h1-6,9,12-13,16-18,24,26,31,38H,7-8,10H2,(H,37,39)/i31D. The molecule has 3 aromatic heterocycles. The van der Waals surface area contributed by atoms with E-state index in [2.05, 4.69) is 49.1 Å². The first kappa shape index (κ1) is 25.1. The highest BCUT2D eigenvalue weighted by Gasteiger charge is 2.27. The molecule has 5 aromatic rings. The number of rotatable bonds is 9. The second kappa shape index (κ2) is 11.3. The summed E-state index contributed by atoms with van der Waals surface area (Å²) >= 11 is 0. The normalized spacial score (nSPS) is 15.0. The molecule has 2 unspecified atom stereocenters. The van der Waals surface area contributed by atoms with E-state index in [1.54, 1.807) is 23.0 Å². The number of nitrogens with zero attached hydrogens (tertiary/aromatic N) is 8. The van der Waals surface area contributed by atoms with E-state index in [1.165, 1.54) is 18.5 Å². The molecule has 3 heterocycles. The number of pyridine rings is 2. The molecule has 2 atom stereocenters. The van der Waals surface area contributed by atoms with Crippen LogP contribution >= 0.6 is 0 Å². The van der Waals surface area contributed by atoms with Gasteiger partial charge in [0.15, 0.2) is 0 Å². The van der Waals surface area contributed by atoms with Crippen molar-refractivity contribution in [2.45, 2.75) is 37.4 Å². The highest BCUT2D eigenvalue weighted by molar-refractivity contribution is 5.99. The van der Waals surface area contributed by atoms with Crippen LogP contribution in [0.2, 0.25) is 0 Å². The SMILES string of the molecule is [2H]C(Nc1cc(C#N)c2ncc(C#N)c(NC(CC#N)c3ccccc3)c2c1)(c1ccc(F)nc1)c1cn(C2CC2)nn1. The zero-order chi connectivity index (χ0) is 30.0. The van der Waals surface area contributed by atoms with Gasteiger partial charge in [-0.05, 0) is 42.2 Å². The minimum absolute atomic E-state index is 0.117. The fourth-order valence-electron chi connectivity index (χ4n) is 4.76. The van der Waals surface area contributed by atoms with Crippen molar-refractivity contribution in [2.75, 3.05) is 10.6 Å². The van der Waals surface area contributed by atoms with Crippen molar-refractivity contribution in [2.24, 2.45) is 0 Å². The first-order valence-corrected chi connectivity index (χ1v) is 13.2. The van der Waals surface area contributed by atoms with E-state index in [9.17, 15) is 21.5 Å². The van der Waals surface area contributed by atoms with E-state index in [-0.39, 0.29) is 29.3 Å². The van der Waals surface area contributed by atoms with Gasteiger partial charge in [-0.25, -0.2) is 9.67 Å². The van der Waals surface area contributed by atoms with Crippen LogP contribution in [0.4, 0.5) is 15.8 Å². The van der Waals surface area contributed by atoms with Gasteiger partial charge >= 0.3 is 0 Å². The Morgan fingerprint density at radius 2 is 1.79 bits per heavy atom. The van der Waals surface area contributed by atoms with Crippen LogP contribution in [-0.2, 0) is 0 Å². The van der Waals surface area contributed by atoms with Crippen molar-refractivity contribution >= 4 is 22.3 Å². The number of benzene rings is 2. The van der Waals surface area contributed by atoms with Crippen LogP contribution in [0.1, 0.15) is 66.7 Å². The van der Waals surface area contributed by atoms with Gasteiger partial charge in [0.1, 0.15) is 17.8 Å². The van der Waals surface area contributed by atoms with Crippen LogP contribution in [0.15, 0.2) is 73.2 Å². The summed E-state index contributed by atoms with van der Waals surface area (Å²) in [5.41, 5.74) is 2.92. The topological polar surface area (TPSA) is 152 Å². The average Bonchev–Trinajstić information content (AvgIpc) is 3.76. The van der Waals surface area contributed by atoms with Crippen molar-refractivity contribution < 1.29 is 5.76 Å². The molecule has 2 aromatic carbocycles. The highest BCUT2D eigenvalue weighted by Crippen LogP contribution is 2.37. The highest BCUT2D eigenvalue weighted by atomic mass is 19.1. The third-order valence-electron chi connectivity index (χ3n) is 7.00. The second-order valence-electron chi connectivity index (χ2n) is 9.84. The summed E-state index contributed by atoms with van der Waals surface area (Å²) in [4.78, 5) is 8.15. The number of fused-ring (bicyclic) bond motifs is 1. The average molecular weight is 556 g/mol. The Bertz CT molecular complexity index is 1930. The summed E-state index contributed by atoms with van der Waals surface area (Å²) in [6.45, 7) is 0. The van der Waals surface area contributed by atoms with E-state index >= 15 is 0 Å². The lowest BCUT2D eigenvalue weighted by molar-refractivity contribution is 0.581. The fraction of sp³-hybridized carbons (Fsp3) is 0.194. The van der Waals surface area contributed by atoms with Crippen LogP contribution < -0.4 is 10.6 Å². The van der Waals surface area contributed by atoms with Gasteiger partial charge in [0.25, 0.3) is 0 Å². The van der Waals surface area contributed by atoms with Gasteiger partial charge in [-0.3, -0.25) is 4.98 Å². The quantitative estimate of drug-likeness (QED) is 0.218. The molecule has 0 bridgehead atoms. The number of halogens is 1. The summed E-state index contributed by atoms with van der Waals surface area (Å²) in [5, 5.41) is 45.1. The smallest absolute Gasteiger partial charge is 0.212 e. The lowest BCUT2D eigenvalue weighted by Crippen LogP contribution is -2.14. The predicted octanol–water partition coefficient (Wildman–Crippen LogP) is 5.71. The molecule has 1 aliphatic carbocycles.